The average molecular weight is 504 g/mol. The summed E-state index contributed by atoms with van der Waals surface area (Å²) in [5.41, 5.74) is 2.10. The molecule has 7 heteroatoms. The molecule has 2 aromatic carbocycles. The fourth-order valence-corrected chi connectivity index (χ4v) is 7.05. The molecule has 6 nitrogen and oxygen atoms in total. The Morgan fingerprint density at radius 3 is 2.54 bits per heavy atom. The van der Waals surface area contributed by atoms with Gasteiger partial charge in [0.2, 0.25) is 5.91 Å². The lowest BCUT2D eigenvalue weighted by Gasteiger charge is -2.37. The number of benzene rings is 2. The molecular weight excluding hydrogens is 482 g/mol. The van der Waals surface area contributed by atoms with Crippen molar-refractivity contribution in [3.8, 4) is 0 Å². The highest BCUT2D eigenvalue weighted by Crippen LogP contribution is 2.58. The van der Waals surface area contributed by atoms with Crippen LogP contribution in [0.15, 0.2) is 96.5 Å². The third-order valence-corrected chi connectivity index (χ3v) is 8.66. The van der Waals surface area contributed by atoms with Crippen LogP contribution in [0.2, 0.25) is 0 Å². The first-order valence-electron chi connectivity index (χ1n) is 12.1. The Kier molecular flexibility index (Phi) is 4.78. The van der Waals surface area contributed by atoms with E-state index in [1.165, 1.54) is 11.3 Å². The molecule has 37 heavy (non-hydrogen) atoms. The number of aromatic nitrogens is 1. The van der Waals surface area contributed by atoms with Gasteiger partial charge in [-0.2, -0.15) is 0 Å². The van der Waals surface area contributed by atoms with Crippen LogP contribution in [-0.2, 0) is 10.2 Å². The Morgan fingerprint density at radius 2 is 1.73 bits per heavy atom. The Hall–Kier alpha value is -4.36. The Morgan fingerprint density at radius 1 is 0.919 bits per heavy atom. The highest BCUT2D eigenvalue weighted by Gasteiger charge is 2.70. The molecule has 180 valence electrons. The van der Waals surface area contributed by atoms with Crippen molar-refractivity contribution in [3.63, 3.8) is 0 Å². The fraction of sp³-hybridized carbons (Fsp3) is 0.133. The summed E-state index contributed by atoms with van der Waals surface area (Å²) in [6.45, 7) is 0. The molecule has 7 rings (SSSR count). The molecule has 1 spiro atoms. The van der Waals surface area contributed by atoms with Crippen LogP contribution in [-0.4, -0.2) is 34.5 Å². The van der Waals surface area contributed by atoms with E-state index in [2.05, 4.69) is 10.3 Å². The maximum absolute atomic E-state index is 14.5. The van der Waals surface area contributed by atoms with Crippen molar-refractivity contribution >= 4 is 46.3 Å². The second-order valence-corrected chi connectivity index (χ2v) is 10.4. The Bertz CT molecular complexity index is 1600. The van der Waals surface area contributed by atoms with Crippen LogP contribution >= 0.6 is 11.3 Å². The molecule has 4 atom stereocenters. The number of fused-ring (bicyclic) bond motifs is 6. The zero-order chi connectivity index (χ0) is 25.1. The zero-order valence-electron chi connectivity index (χ0n) is 19.6. The Balaban J connectivity index is 1.55. The summed E-state index contributed by atoms with van der Waals surface area (Å²) in [5, 5.41) is 4.89. The van der Waals surface area contributed by atoms with Crippen molar-refractivity contribution in [2.45, 2.75) is 17.5 Å². The molecule has 1 fully saturated rings. The smallest absolute Gasteiger partial charge is 0.238 e. The first-order chi connectivity index (χ1) is 18.1. The topological polar surface area (TPSA) is 79.4 Å². The molecule has 0 unspecified atom stereocenters. The number of ketones is 2. The first-order valence-corrected chi connectivity index (χ1v) is 13.0. The van der Waals surface area contributed by atoms with Gasteiger partial charge < -0.3 is 10.2 Å². The van der Waals surface area contributed by atoms with Gasteiger partial charge in [-0.3, -0.25) is 19.4 Å². The molecule has 2 aromatic heterocycles. The van der Waals surface area contributed by atoms with Crippen molar-refractivity contribution in [1.82, 2.24) is 4.98 Å². The van der Waals surface area contributed by atoms with Crippen LogP contribution in [0.1, 0.15) is 31.3 Å². The second-order valence-electron chi connectivity index (χ2n) is 9.48. The molecule has 0 aliphatic carbocycles. The van der Waals surface area contributed by atoms with Gasteiger partial charge in [0.15, 0.2) is 11.6 Å². The summed E-state index contributed by atoms with van der Waals surface area (Å²) < 4.78 is 0. The van der Waals surface area contributed by atoms with E-state index < -0.39 is 23.4 Å². The van der Waals surface area contributed by atoms with E-state index in [0.717, 1.165) is 16.8 Å². The number of nitrogens with zero attached hydrogens (tertiary/aromatic N) is 2. The molecule has 4 aromatic rings. The summed E-state index contributed by atoms with van der Waals surface area (Å²) >= 11 is 1.34. The van der Waals surface area contributed by atoms with E-state index >= 15 is 0 Å². The quantitative estimate of drug-likeness (QED) is 0.397. The molecule has 5 heterocycles. The molecule has 0 bridgehead atoms. The van der Waals surface area contributed by atoms with Gasteiger partial charge in [-0.1, -0.05) is 60.7 Å². The summed E-state index contributed by atoms with van der Waals surface area (Å²) in [6, 6.07) is 22.6. The van der Waals surface area contributed by atoms with Crippen LogP contribution < -0.4 is 10.2 Å². The number of carbonyl (C=O) groups is 3. The lowest BCUT2D eigenvalue weighted by molar-refractivity contribution is -0.121. The highest BCUT2D eigenvalue weighted by molar-refractivity contribution is 7.12. The van der Waals surface area contributed by atoms with E-state index in [9.17, 15) is 14.4 Å². The number of hydrogen-bond acceptors (Lipinski definition) is 6. The summed E-state index contributed by atoms with van der Waals surface area (Å²) in [4.78, 5) is 49.9. The number of amides is 1. The number of Topliss-reactive ketones (excluding diaryl/α,β-unsaturated/α-hetero) is 2. The van der Waals surface area contributed by atoms with E-state index in [1.807, 2.05) is 77.0 Å². The Labute approximate surface area is 217 Å². The van der Waals surface area contributed by atoms with E-state index in [4.69, 9.17) is 0 Å². The van der Waals surface area contributed by atoms with Crippen molar-refractivity contribution < 1.29 is 14.4 Å². The van der Waals surface area contributed by atoms with Crippen LogP contribution in [0, 0.1) is 5.92 Å². The average Bonchev–Trinajstić information content (AvgIpc) is 3.65. The zero-order valence-corrected chi connectivity index (χ0v) is 20.4. The standard InChI is InChI=1S/C30H21N3O3S/c34-27(21-11-5-6-16-31-21)25-26(28(35)23-13-7-17-37-23)33-22-12-4-1-8-18(22)14-15-24(33)30(25)19-9-2-3-10-20(19)32-29(30)36/h1-17,24-26H,(H,32,36)/t24-,25-,26+,30-/m1/s1. The van der Waals surface area contributed by atoms with Crippen molar-refractivity contribution in [1.29, 1.82) is 0 Å². The third kappa shape index (κ3) is 2.92. The second kappa shape index (κ2) is 8.08. The van der Waals surface area contributed by atoms with Gasteiger partial charge in [-0.25, -0.2) is 0 Å². The molecule has 1 saturated heterocycles. The minimum absolute atomic E-state index is 0.173. The maximum Gasteiger partial charge on any atom is 0.238 e. The third-order valence-electron chi connectivity index (χ3n) is 7.77. The van der Waals surface area contributed by atoms with Gasteiger partial charge in [0.05, 0.1) is 16.8 Å². The molecular formula is C30H21N3O3S. The van der Waals surface area contributed by atoms with Crippen molar-refractivity contribution in [2.24, 2.45) is 5.92 Å². The van der Waals surface area contributed by atoms with Crippen LogP contribution in [0.5, 0.6) is 0 Å². The van der Waals surface area contributed by atoms with Gasteiger partial charge in [0, 0.05) is 17.6 Å². The minimum Gasteiger partial charge on any atom is -0.352 e. The predicted molar refractivity (Wildman–Crippen MR) is 143 cm³/mol. The van der Waals surface area contributed by atoms with Gasteiger partial charge in [0.25, 0.3) is 0 Å². The fourth-order valence-electron chi connectivity index (χ4n) is 6.35. The lowest BCUT2D eigenvalue weighted by Crippen LogP contribution is -2.51. The van der Waals surface area contributed by atoms with Crippen molar-refractivity contribution in [2.75, 3.05) is 10.2 Å². The monoisotopic (exact) mass is 503 g/mol. The number of thiophene rings is 1. The number of anilines is 2. The number of hydrogen-bond donors (Lipinski definition) is 1. The van der Waals surface area contributed by atoms with E-state index in [0.29, 0.717) is 10.6 Å². The van der Waals surface area contributed by atoms with Crippen LogP contribution in [0.25, 0.3) is 6.08 Å². The van der Waals surface area contributed by atoms with Gasteiger partial charge in [0.1, 0.15) is 17.2 Å². The summed E-state index contributed by atoms with van der Waals surface area (Å²) in [6.07, 6.45) is 5.54. The SMILES string of the molecule is O=C(c1cccs1)[C@@H]1[C@H](C(=O)c2ccccn2)[C@]2(C(=O)Nc3ccccc32)[C@H]2C=Cc3ccccc3N12. The van der Waals surface area contributed by atoms with Crippen LogP contribution in [0.4, 0.5) is 11.4 Å². The number of carbonyl (C=O) groups excluding carboxylic acids is 3. The number of nitrogens with one attached hydrogen (secondary N) is 1. The van der Waals surface area contributed by atoms with Gasteiger partial charge in [-0.15, -0.1) is 11.3 Å². The first kappa shape index (κ1) is 21.9. The minimum atomic E-state index is -1.31. The predicted octanol–water partition coefficient (Wildman–Crippen LogP) is 5.00. The molecule has 3 aliphatic heterocycles. The number of rotatable bonds is 4. The van der Waals surface area contributed by atoms with Crippen molar-refractivity contribution in [3.05, 3.63) is 118 Å². The van der Waals surface area contributed by atoms with Gasteiger partial charge in [-0.05, 0) is 46.8 Å². The highest BCUT2D eigenvalue weighted by atomic mass is 32.1. The molecule has 1 amide bonds. The molecule has 0 radical (unpaired) electrons. The molecule has 1 N–H and O–H groups in total. The van der Waals surface area contributed by atoms with E-state index in [1.54, 1.807) is 30.5 Å². The molecule has 0 saturated carbocycles. The maximum atomic E-state index is 14.5. The number of pyridine rings is 1. The molecule has 3 aliphatic rings. The number of para-hydroxylation sites is 2. The normalized spacial score (nSPS) is 24.9. The summed E-state index contributed by atoms with van der Waals surface area (Å²) in [7, 11) is 0. The van der Waals surface area contributed by atoms with Crippen LogP contribution in [0.3, 0.4) is 0 Å². The summed E-state index contributed by atoms with van der Waals surface area (Å²) in [5.74, 6) is -1.76. The van der Waals surface area contributed by atoms with Gasteiger partial charge >= 0.3 is 0 Å². The lowest BCUT2D eigenvalue weighted by atomic mass is 9.64. The largest absolute Gasteiger partial charge is 0.352 e. The van der Waals surface area contributed by atoms with E-state index in [-0.39, 0.29) is 23.2 Å².